The fourth-order valence-corrected chi connectivity index (χ4v) is 9.42. The molecule has 4 aliphatic rings. The third-order valence-electron chi connectivity index (χ3n) is 12.0. The summed E-state index contributed by atoms with van der Waals surface area (Å²) in [4.78, 5) is 12.8. The van der Waals surface area contributed by atoms with Crippen molar-refractivity contribution < 1.29 is 15.0 Å². The number of aliphatic hydroxyl groups excluding tert-OH is 1. The van der Waals surface area contributed by atoms with Crippen LogP contribution in [0.5, 0.6) is 0 Å². The molecular weight excluding hydrogens is 408 g/mol. The molecule has 188 valence electrons. The van der Waals surface area contributed by atoms with Crippen LogP contribution < -0.4 is 0 Å². The smallest absolute Gasteiger partial charge is 0.138 e. The van der Waals surface area contributed by atoms with Gasteiger partial charge in [-0.1, -0.05) is 52.7 Å². The van der Waals surface area contributed by atoms with Crippen LogP contribution in [0.4, 0.5) is 0 Å². The zero-order valence-corrected chi connectivity index (χ0v) is 22.7. The van der Waals surface area contributed by atoms with Gasteiger partial charge in [0.05, 0.1) is 11.7 Å². The number of carbonyl (C=O) groups is 1. The summed E-state index contributed by atoms with van der Waals surface area (Å²) in [6, 6.07) is 0. The minimum atomic E-state index is -1.03. The molecule has 0 amide bonds. The van der Waals surface area contributed by atoms with E-state index < -0.39 is 11.7 Å². The molecule has 0 radical (unpaired) electrons. The van der Waals surface area contributed by atoms with Crippen LogP contribution >= 0.6 is 0 Å². The Balaban J connectivity index is 1.61. The molecule has 3 nitrogen and oxygen atoms in total. The maximum atomic E-state index is 12.8. The van der Waals surface area contributed by atoms with E-state index in [1.807, 2.05) is 0 Å². The van der Waals surface area contributed by atoms with E-state index in [1.54, 1.807) is 25.0 Å². The number of ketones is 1. The largest absolute Gasteiger partial charge is 0.390 e. The molecule has 2 saturated carbocycles. The average Bonchev–Trinajstić information content (AvgIpc) is 3.00. The van der Waals surface area contributed by atoms with Crippen LogP contribution in [-0.2, 0) is 4.79 Å². The fourth-order valence-electron chi connectivity index (χ4n) is 9.42. The summed E-state index contributed by atoms with van der Waals surface area (Å²) >= 11 is 0. The lowest BCUT2D eigenvalue weighted by molar-refractivity contribution is -0.139. The SMILES string of the molecule is C[C@H](CC[C@H](O)C(C)(C)O)[C@H]1CC[C@@]2(C)C3=C(CC[C@]12C)[C@@]1(C)CCC(=O)C(C)(C)[C@H]1CC3. The zero-order chi connectivity index (χ0) is 24.6. The van der Waals surface area contributed by atoms with Crippen molar-refractivity contribution >= 4 is 5.78 Å². The van der Waals surface area contributed by atoms with Gasteiger partial charge in [-0.15, -0.1) is 0 Å². The van der Waals surface area contributed by atoms with Crippen molar-refractivity contribution in [3.63, 3.8) is 0 Å². The van der Waals surface area contributed by atoms with Gasteiger partial charge in [0, 0.05) is 11.8 Å². The van der Waals surface area contributed by atoms with E-state index in [1.165, 1.54) is 32.1 Å². The van der Waals surface area contributed by atoms with Gasteiger partial charge in [0.1, 0.15) is 5.78 Å². The van der Waals surface area contributed by atoms with Gasteiger partial charge in [-0.05, 0) is 106 Å². The average molecular weight is 459 g/mol. The first kappa shape index (κ1) is 25.4. The highest BCUT2D eigenvalue weighted by atomic mass is 16.3. The van der Waals surface area contributed by atoms with Gasteiger partial charge in [-0.3, -0.25) is 4.79 Å². The van der Waals surface area contributed by atoms with E-state index in [9.17, 15) is 15.0 Å². The third-order valence-corrected chi connectivity index (χ3v) is 12.0. The summed E-state index contributed by atoms with van der Waals surface area (Å²) in [6.45, 7) is 17.9. The summed E-state index contributed by atoms with van der Waals surface area (Å²) in [5.41, 5.74) is 3.04. The lowest BCUT2D eigenvalue weighted by Crippen LogP contribution is -2.53. The summed E-state index contributed by atoms with van der Waals surface area (Å²) in [5, 5.41) is 20.6. The molecule has 2 fully saturated rings. The quantitative estimate of drug-likeness (QED) is 0.443. The Morgan fingerprint density at radius 3 is 2.24 bits per heavy atom. The molecule has 0 aromatic rings. The Labute approximate surface area is 202 Å². The molecule has 0 spiro atoms. The zero-order valence-electron chi connectivity index (χ0n) is 22.7. The van der Waals surface area contributed by atoms with Gasteiger partial charge in [-0.2, -0.15) is 0 Å². The predicted octanol–water partition coefficient (Wildman–Crippen LogP) is 6.85. The van der Waals surface area contributed by atoms with Crippen LogP contribution in [0.1, 0.15) is 120 Å². The molecule has 33 heavy (non-hydrogen) atoms. The first-order valence-corrected chi connectivity index (χ1v) is 13.8. The number of rotatable bonds is 5. The number of allylic oxidation sites excluding steroid dienone is 2. The molecule has 0 heterocycles. The third kappa shape index (κ3) is 3.62. The van der Waals surface area contributed by atoms with E-state index in [-0.39, 0.29) is 16.2 Å². The van der Waals surface area contributed by atoms with Gasteiger partial charge in [0.15, 0.2) is 0 Å². The van der Waals surface area contributed by atoms with Crippen molar-refractivity contribution in [2.24, 2.45) is 39.4 Å². The van der Waals surface area contributed by atoms with Crippen LogP contribution in [-0.4, -0.2) is 27.7 Å². The van der Waals surface area contributed by atoms with Gasteiger partial charge >= 0.3 is 0 Å². The topological polar surface area (TPSA) is 57.5 Å². The number of Topliss-reactive ketones (excluding diaryl/α,β-unsaturated/α-hetero) is 1. The standard InChI is InChI=1S/C30H50O3/c1-19(9-12-25(32)27(4,5)33)20-13-17-30(8)22-10-11-23-26(2,3)24(31)15-16-28(23,6)21(22)14-18-29(20,30)7/h19-20,23,25,32-33H,9-18H2,1-8H3/t19-,20-,23-,25+,28-,29-,30+/m1/s1. The minimum absolute atomic E-state index is 0.190. The maximum absolute atomic E-state index is 12.8. The van der Waals surface area contributed by atoms with Crippen LogP contribution in [0.3, 0.4) is 0 Å². The molecule has 0 unspecified atom stereocenters. The normalized spacial score (nSPS) is 42.4. The monoisotopic (exact) mass is 458 g/mol. The Bertz CT molecular complexity index is 832. The van der Waals surface area contributed by atoms with Gasteiger partial charge in [0.2, 0.25) is 0 Å². The summed E-state index contributed by atoms with van der Waals surface area (Å²) in [5.74, 6) is 2.18. The summed E-state index contributed by atoms with van der Waals surface area (Å²) in [6.07, 6.45) is 10.1. The van der Waals surface area contributed by atoms with Gasteiger partial charge in [-0.25, -0.2) is 0 Å². The highest BCUT2D eigenvalue weighted by Gasteiger charge is 2.63. The lowest BCUT2D eigenvalue weighted by Gasteiger charge is -2.61. The van der Waals surface area contributed by atoms with Crippen molar-refractivity contribution in [1.29, 1.82) is 0 Å². The van der Waals surface area contributed by atoms with Gasteiger partial charge < -0.3 is 10.2 Å². The first-order chi connectivity index (χ1) is 15.1. The molecule has 4 aliphatic carbocycles. The second-order valence-electron chi connectivity index (χ2n) is 14.2. The van der Waals surface area contributed by atoms with Crippen molar-refractivity contribution in [2.75, 3.05) is 0 Å². The van der Waals surface area contributed by atoms with E-state index in [0.29, 0.717) is 35.4 Å². The van der Waals surface area contributed by atoms with E-state index in [0.717, 1.165) is 25.7 Å². The molecule has 0 aromatic heterocycles. The summed E-state index contributed by atoms with van der Waals surface area (Å²) in [7, 11) is 0. The van der Waals surface area contributed by atoms with Crippen molar-refractivity contribution in [3.8, 4) is 0 Å². The Kier molecular flexibility index (Phi) is 6.10. The van der Waals surface area contributed by atoms with Crippen molar-refractivity contribution in [2.45, 2.75) is 131 Å². The maximum Gasteiger partial charge on any atom is 0.138 e. The molecule has 0 saturated heterocycles. The predicted molar refractivity (Wildman–Crippen MR) is 135 cm³/mol. The Morgan fingerprint density at radius 2 is 1.61 bits per heavy atom. The number of hydrogen-bond donors (Lipinski definition) is 2. The summed E-state index contributed by atoms with van der Waals surface area (Å²) < 4.78 is 0. The minimum Gasteiger partial charge on any atom is -0.390 e. The molecule has 0 aromatic carbocycles. The van der Waals surface area contributed by atoms with Gasteiger partial charge in [0.25, 0.3) is 0 Å². The number of hydrogen-bond acceptors (Lipinski definition) is 3. The Morgan fingerprint density at radius 1 is 0.939 bits per heavy atom. The second kappa shape index (κ2) is 7.92. The van der Waals surface area contributed by atoms with Crippen LogP contribution in [0, 0.1) is 39.4 Å². The molecule has 3 heteroatoms. The van der Waals surface area contributed by atoms with E-state index in [2.05, 4.69) is 41.5 Å². The van der Waals surface area contributed by atoms with Crippen LogP contribution in [0.15, 0.2) is 11.1 Å². The van der Waals surface area contributed by atoms with Crippen LogP contribution in [0.2, 0.25) is 0 Å². The van der Waals surface area contributed by atoms with E-state index in [4.69, 9.17) is 0 Å². The number of carbonyl (C=O) groups excluding carboxylic acids is 1. The van der Waals surface area contributed by atoms with Crippen molar-refractivity contribution in [3.05, 3.63) is 11.1 Å². The van der Waals surface area contributed by atoms with Crippen LogP contribution in [0.25, 0.3) is 0 Å². The second-order valence-corrected chi connectivity index (χ2v) is 14.2. The number of fused-ring (bicyclic) bond motifs is 4. The molecule has 2 N–H and O–H groups in total. The molecule has 7 atom stereocenters. The highest BCUT2D eigenvalue weighted by molar-refractivity contribution is 5.85. The first-order valence-electron chi connectivity index (χ1n) is 13.8. The molecule has 4 rings (SSSR count). The molecule has 0 bridgehead atoms. The molecule has 0 aliphatic heterocycles. The molecular formula is C30H50O3. The Hall–Kier alpha value is -0.670. The highest BCUT2D eigenvalue weighted by Crippen LogP contribution is 2.72. The lowest BCUT2D eigenvalue weighted by atomic mass is 9.43. The van der Waals surface area contributed by atoms with Crippen molar-refractivity contribution in [1.82, 2.24) is 0 Å². The fraction of sp³-hybridized carbons (Fsp3) is 0.900. The number of aliphatic hydroxyl groups is 2. The van der Waals surface area contributed by atoms with E-state index >= 15 is 0 Å².